The number of nitrogens with two attached hydrogens (primary N) is 1. The third kappa shape index (κ3) is 3.90. The van der Waals surface area contributed by atoms with Gasteiger partial charge in [0.25, 0.3) is 5.69 Å². The fourth-order valence-electron chi connectivity index (χ4n) is 1.75. The molecule has 0 saturated carbocycles. The predicted octanol–water partition coefficient (Wildman–Crippen LogP) is 1.74. The minimum absolute atomic E-state index is 0.259. The number of anilines is 1. The molecule has 9 heteroatoms. The van der Waals surface area contributed by atoms with Gasteiger partial charge in [-0.25, -0.2) is 13.1 Å². The molecule has 4 N–H and O–H groups in total. The summed E-state index contributed by atoms with van der Waals surface area (Å²) in [7, 11) is -4.00. The standard InChI is InChI=1S/C12H20N4O4S/c1-4-12(3,5-2)15-21(19,20)11-7-6-9(14-13)8-10(11)16(17)18/h6-8,14-15H,4-5,13H2,1-3H3. The number of nitro groups is 1. The number of nitrogens with zero attached hydrogens (tertiary/aromatic N) is 1. The third-order valence-corrected chi connectivity index (χ3v) is 5.24. The van der Waals surface area contributed by atoms with Gasteiger partial charge in [0.05, 0.1) is 10.6 Å². The molecule has 0 amide bonds. The number of benzene rings is 1. The first kappa shape index (κ1) is 17.3. The van der Waals surface area contributed by atoms with Crippen molar-refractivity contribution in [1.29, 1.82) is 0 Å². The number of nitrogens with one attached hydrogen (secondary N) is 2. The molecule has 0 radical (unpaired) electrons. The number of hydrazine groups is 1. The second-order valence-electron chi connectivity index (χ2n) is 4.96. The molecule has 0 bridgehead atoms. The molecule has 1 aromatic rings. The maximum absolute atomic E-state index is 12.4. The van der Waals surface area contributed by atoms with Gasteiger partial charge in [-0.2, -0.15) is 0 Å². The molecule has 8 nitrogen and oxygen atoms in total. The predicted molar refractivity (Wildman–Crippen MR) is 80.2 cm³/mol. The molecule has 0 aliphatic carbocycles. The summed E-state index contributed by atoms with van der Waals surface area (Å²) in [4.78, 5) is 9.97. The van der Waals surface area contributed by atoms with Crippen molar-refractivity contribution in [3.8, 4) is 0 Å². The molecule has 0 aromatic heterocycles. The van der Waals surface area contributed by atoms with Gasteiger partial charge in [0.15, 0.2) is 4.90 Å². The normalized spacial score (nSPS) is 12.2. The van der Waals surface area contributed by atoms with Crippen LogP contribution in [-0.4, -0.2) is 18.9 Å². The van der Waals surface area contributed by atoms with Gasteiger partial charge >= 0.3 is 0 Å². The van der Waals surface area contributed by atoms with Crippen LogP contribution in [0.3, 0.4) is 0 Å². The number of hydrogen-bond acceptors (Lipinski definition) is 6. The van der Waals surface area contributed by atoms with Gasteiger partial charge in [0.1, 0.15) is 0 Å². The lowest BCUT2D eigenvalue weighted by Crippen LogP contribution is -2.44. The van der Waals surface area contributed by atoms with Gasteiger partial charge in [-0.05, 0) is 31.9 Å². The number of sulfonamides is 1. The first-order valence-corrected chi connectivity index (χ1v) is 7.96. The quantitative estimate of drug-likeness (QED) is 0.399. The smallest absolute Gasteiger partial charge is 0.291 e. The summed E-state index contributed by atoms with van der Waals surface area (Å²) >= 11 is 0. The molecule has 1 aromatic carbocycles. The maximum Gasteiger partial charge on any atom is 0.291 e. The van der Waals surface area contributed by atoms with Crippen molar-refractivity contribution in [1.82, 2.24) is 4.72 Å². The number of nitro benzene ring substituents is 1. The second-order valence-corrected chi connectivity index (χ2v) is 6.61. The maximum atomic E-state index is 12.4. The van der Waals surface area contributed by atoms with Crippen molar-refractivity contribution in [2.24, 2.45) is 5.84 Å². The lowest BCUT2D eigenvalue weighted by atomic mass is 9.98. The molecule has 0 aliphatic heterocycles. The zero-order chi connectivity index (χ0) is 16.3. The molecule has 118 valence electrons. The van der Waals surface area contributed by atoms with E-state index in [2.05, 4.69) is 10.1 Å². The summed E-state index contributed by atoms with van der Waals surface area (Å²) in [6, 6.07) is 3.63. The Morgan fingerprint density at radius 1 is 1.33 bits per heavy atom. The molecule has 21 heavy (non-hydrogen) atoms. The minimum Gasteiger partial charge on any atom is -0.324 e. The Kier molecular flexibility index (Phi) is 5.26. The highest BCUT2D eigenvalue weighted by atomic mass is 32.2. The third-order valence-electron chi connectivity index (χ3n) is 3.55. The summed E-state index contributed by atoms with van der Waals surface area (Å²) in [5, 5.41) is 11.1. The van der Waals surface area contributed by atoms with Crippen LogP contribution in [0.1, 0.15) is 33.6 Å². The molecule has 0 unspecified atom stereocenters. The Bertz CT molecular complexity index is 626. The fraction of sp³-hybridized carbons (Fsp3) is 0.500. The monoisotopic (exact) mass is 316 g/mol. The summed E-state index contributed by atoms with van der Waals surface area (Å²) in [5.41, 5.74) is 1.33. The second kappa shape index (κ2) is 6.37. The summed E-state index contributed by atoms with van der Waals surface area (Å²) < 4.78 is 27.4. The molecule has 0 aliphatic rings. The van der Waals surface area contributed by atoms with Gasteiger partial charge in [0, 0.05) is 11.6 Å². The van der Waals surface area contributed by atoms with E-state index in [9.17, 15) is 18.5 Å². The van der Waals surface area contributed by atoms with Crippen LogP contribution in [-0.2, 0) is 10.0 Å². The lowest BCUT2D eigenvalue weighted by molar-refractivity contribution is -0.387. The van der Waals surface area contributed by atoms with Crippen LogP contribution < -0.4 is 16.0 Å². The molecule has 0 heterocycles. The number of rotatable bonds is 7. The Labute approximate surface area is 123 Å². The summed E-state index contributed by atoms with van der Waals surface area (Å²) in [5.74, 6) is 5.19. The van der Waals surface area contributed by atoms with E-state index in [1.54, 1.807) is 6.92 Å². The van der Waals surface area contributed by atoms with E-state index in [0.717, 1.165) is 6.07 Å². The van der Waals surface area contributed by atoms with Crippen molar-refractivity contribution < 1.29 is 13.3 Å². The zero-order valence-electron chi connectivity index (χ0n) is 12.2. The number of nitrogen functional groups attached to an aromatic ring is 1. The summed E-state index contributed by atoms with van der Waals surface area (Å²) in [6.07, 6.45) is 1.14. The highest BCUT2D eigenvalue weighted by Gasteiger charge is 2.32. The number of hydrogen-bond donors (Lipinski definition) is 3. The topological polar surface area (TPSA) is 127 Å². The summed E-state index contributed by atoms with van der Waals surface area (Å²) in [6.45, 7) is 5.45. The highest BCUT2D eigenvalue weighted by Crippen LogP contribution is 2.28. The van der Waals surface area contributed by atoms with E-state index in [0.29, 0.717) is 12.8 Å². The van der Waals surface area contributed by atoms with Crippen molar-refractivity contribution in [2.45, 2.75) is 44.0 Å². The van der Waals surface area contributed by atoms with Gasteiger partial charge in [-0.1, -0.05) is 13.8 Å². The van der Waals surface area contributed by atoms with E-state index in [4.69, 9.17) is 5.84 Å². The van der Waals surface area contributed by atoms with Crippen LogP contribution >= 0.6 is 0 Å². The van der Waals surface area contributed by atoms with E-state index >= 15 is 0 Å². The van der Waals surface area contributed by atoms with Gasteiger partial charge in [-0.15, -0.1) is 0 Å². The molecule has 1 rings (SSSR count). The van der Waals surface area contributed by atoms with Crippen LogP contribution in [0, 0.1) is 10.1 Å². The average molecular weight is 316 g/mol. The van der Waals surface area contributed by atoms with Crippen LogP contribution in [0.4, 0.5) is 11.4 Å². The van der Waals surface area contributed by atoms with E-state index < -0.39 is 26.2 Å². The van der Waals surface area contributed by atoms with Crippen LogP contribution in [0.5, 0.6) is 0 Å². The van der Waals surface area contributed by atoms with Crippen LogP contribution in [0.2, 0.25) is 0 Å². The van der Waals surface area contributed by atoms with Gasteiger partial charge < -0.3 is 5.43 Å². The first-order valence-electron chi connectivity index (χ1n) is 6.48. The molecule has 0 spiro atoms. The van der Waals surface area contributed by atoms with Gasteiger partial charge in [0.2, 0.25) is 10.0 Å². The zero-order valence-corrected chi connectivity index (χ0v) is 13.0. The average Bonchev–Trinajstić information content (AvgIpc) is 2.45. The van der Waals surface area contributed by atoms with E-state index in [1.807, 2.05) is 13.8 Å². The Morgan fingerprint density at radius 2 is 1.90 bits per heavy atom. The first-order chi connectivity index (χ1) is 9.69. The van der Waals surface area contributed by atoms with Crippen LogP contribution in [0.15, 0.2) is 23.1 Å². The van der Waals surface area contributed by atoms with Crippen molar-refractivity contribution in [3.05, 3.63) is 28.3 Å². The molecule has 0 atom stereocenters. The van der Waals surface area contributed by atoms with Gasteiger partial charge in [-0.3, -0.25) is 16.0 Å². The van der Waals surface area contributed by atoms with E-state index in [-0.39, 0.29) is 10.6 Å². The van der Waals surface area contributed by atoms with Crippen molar-refractivity contribution >= 4 is 21.4 Å². The Balaban J connectivity index is 3.35. The molecular formula is C12H20N4O4S. The SMILES string of the molecule is CCC(C)(CC)NS(=O)(=O)c1ccc(NN)cc1[N+](=O)[O-]. The van der Waals surface area contributed by atoms with Crippen molar-refractivity contribution in [3.63, 3.8) is 0 Å². The fourth-order valence-corrected chi connectivity index (χ4v) is 3.45. The molecule has 0 fully saturated rings. The molecule has 0 saturated heterocycles. The van der Waals surface area contributed by atoms with Crippen molar-refractivity contribution in [2.75, 3.05) is 5.43 Å². The molecular weight excluding hydrogens is 296 g/mol. The Hall–Kier alpha value is -1.71. The lowest BCUT2D eigenvalue weighted by Gasteiger charge is -2.27. The highest BCUT2D eigenvalue weighted by molar-refractivity contribution is 7.89. The Morgan fingerprint density at radius 3 is 2.33 bits per heavy atom. The van der Waals surface area contributed by atoms with Crippen LogP contribution in [0.25, 0.3) is 0 Å². The van der Waals surface area contributed by atoms with E-state index in [1.165, 1.54) is 12.1 Å². The largest absolute Gasteiger partial charge is 0.324 e. The minimum atomic E-state index is -4.00.